The van der Waals surface area contributed by atoms with Crippen LogP contribution < -0.4 is 27.8 Å². The summed E-state index contributed by atoms with van der Waals surface area (Å²) in [5, 5.41) is 6.50. The molecule has 3 amide bonds. The molecule has 3 aromatic rings. The fourth-order valence-electron chi connectivity index (χ4n) is 4.17. The van der Waals surface area contributed by atoms with Crippen molar-refractivity contribution in [2.45, 2.75) is 31.8 Å². The lowest BCUT2D eigenvalue weighted by molar-refractivity contribution is -0.139. The number of hydrogen-bond acceptors (Lipinski definition) is 7. The standard InChI is InChI=1S/C28H37N7O3/c1-19(28(38)35(15-13-29)16-14-30)25(31)27(37)34-24(12-11-20-7-3-2-4-8-20)26(36)33-22-17-21-9-5-6-10-23(21)32-18-22/h2-10,17-19,24-25H,11-16,29-31H2,1H3,(H,33,36)(H,34,37). The van der Waals surface area contributed by atoms with E-state index in [4.69, 9.17) is 17.2 Å². The van der Waals surface area contributed by atoms with E-state index in [0.717, 1.165) is 16.5 Å². The smallest absolute Gasteiger partial charge is 0.247 e. The molecule has 0 fully saturated rings. The molecule has 0 aliphatic heterocycles. The molecule has 0 saturated heterocycles. The lowest BCUT2D eigenvalue weighted by Crippen LogP contribution is -2.55. The zero-order valence-electron chi connectivity index (χ0n) is 21.7. The highest BCUT2D eigenvalue weighted by molar-refractivity contribution is 5.99. The third kappa shape index (κ3) is 7.82. The summed E-state index contributed by atoms with van der Waals surface area (Å²) in [6.07, 6.45) is 2.47. The van der Waals surface area contributed by atoms with Crippen LogP contribution in [0.3, 0.4) is 0 Å². The molecule has 0 bridgehead atoms. The van der Waals surface area contributed by atoms with Gasteiger partial charge in [0, 0.05) is 31.6 Å². The lowest BCUT2D eigenvalue weighted by atomic mass is 9.98. The second-order valence-corrected chi connectivity index (χ2v) is 9.21. The number of hydrogen-bond donors (Lipinski definition) is 5. The number of amides is 3. The van der Waals surface area contributed by atoms with Crippen molar-refractivity contribution in [2.24, 2.45) is 23.1 Å². The fourth-order valence-corrected chi connectivity index (χ4v) is 4.17. The van der Waals surface area contributed by atoms with E-state index in [1.54, 1.807) is 13.1 Å². The van der Waals surface area contributed by atoms with Crippen LogP contribution in [0.15, 0.2) is 66.9 Å². The highest BCUT2D eigenvalue weighted by Crippen LogP contribution is 2.17. The van der Waals surface area contributed by atoms with E-state index in [1.165, 1.54) is 4.90 Å². The fraction of sp³-hybridized carbons (Fsp3) is 0.357. The third-order valence-electron chi connectivity index (χ3n) is 6.40. The summed E-state index contributed by atoms with van der Waals surface area (Å²) < 4.78 is 0. The first-order valence-corrected chi connectivity index (χ1v) is 12.8. The Morgan fingerprint density at radius 2 is 1.61 bits per heavy atom. The van der Waals surface area contributed by atoms with Crippen LogP contribution in [0.1, 0.15) is 18.9 Å². The molecule has 0 aliphatic rings. The number of pyridine rings is 1. The van der Waals surface area contributed by atoms with Gasteiger partial charge in [-0.05, 0) is 30.5 Å². The Hall–Kier alpha value is -3.86. The van der Waals surface area contributed by atoms with Crippen LogP contribution in [0.5, 0.6) is 0 Å². The van der Waals surface area contributed by atoms with Gasteiger partial charge in [-0.25, -0.2) is 0 Å². The van der Waals surface area contributed by atoms with Gasteiger partial charge in [-0.2, -0.15) is 0 Å². The van der Waals surface area contributed by atoms with Crippen LogP contribution in [0, 0.1) is 5.92 Å². The maximum absolute atomic E-state index is 13.3. The van der Waals surface area contributed by atoms with Gasteiger partial charge in [0.25, 0.3) is 0 Å². The molecule has 10 nitrogen and oxygen atoms in total. The number of nitrogens with one attached hydrogen (secondary N) is 2. The van der Waals surface area contributed by atoms with Crippen molar-refractivity contribution < 1.29 is 14.4 Å². The third-order valence-corrected chi connectivity index (χ3v) is 6.40. The number of carbonyl (C=O) groups excluding carboxylic acids is 3. The van der Waals surface area contributed by atoms with Crippen molar-refractivity contribution in [3.8, 4) is 0 Å². The maximum atomic E-state index is 13.3. The minimum absolute atomic E-state index is 0.269. The van der Waals surface area contributed by atoms with E-state index in [9.17, 15) is 14.4 Å². The first-order chi connectivity index (χ1) is 18.3. The number of aromatic nitrogens is 1. The quantitative estimate of drug-likeness (QED) is 0.224. The average molecular weight is 520 g/mol. The van der Waals surface area contributed by atoms with Crippen LogP contribution in [-0.4, -0.2) is 65.9 Å². The Balaban J connectivity index is 1.73. The topological polar surface area (TPSA) is 169 Å². The number of benzene rings is 2. The Kier molecular flexibility index (Phi) is 10.7. The second-order valence-electron chi connectivity index (χ2n) is 9.21. The maximum Gasteiger partial charge on any atom is 0.247 e. The van der Waals surface area contributed by atoms with Gasteiger partial charge < -0.3 is 32.7 Å². The van der Waals surface area contributed by atoms with Crippen molar-refractivity contribution in [3.05, 3.63) is 72.4 Å². The number of fused-ring (bicyclic) bond motifs is 1. The molecule has 202 valence electrons. The number of nitrogens with two attached hydrogens (primary N) is 3. The second kappa shape index (κ2) is 14.2. The van der Waals surface area contributed by atoms with Crippen LogP contribution in [0.2, 0.25) is 0 Å². The first kappa shape index (κ1) is 28.7. The van der Waals surface area contributed by atoms with Gasteiger partial charge in [-0.3, -0.25) is 19.4 Å². The number of nitrogens with zero attached hydrogens (tertiary/aromatic N) is 2. The lowest BCUT2D eigenvalue weighted by Gasteiger charge is -2.28. The van der Waals surface area contributed by atoms with Crippen molar-refractivity contribution in [3.63, 3.8) is 0 Å². The predicted molar refractivity (Wildman–Crippen MR) is 149 cm³/mol. The summed E-state index contributed by atoms with van der Waals surface area (Å²) in [5.41, 5.74) is 19.8. The van der Waals surface area contributed by atoms with E-state index in [-0.39, 0.29) is 19.0 Å². The Morgan fingerprint density at radius 3 is 2.29 bits per heavy atom. The zero-order valence-corrected chi connectivity index (χ0v) is 21.7. The van der Waals surface area contributed by atoms with E-state index >= 15 is 0 Å². The van der Waals surface area contributed by atoms with Gasteiger partial charge in [0.05, 0.1) is 29.4 Å². The van der Waals surface area contributed by atoms with Crippen LogP contribution in [0.4, 0.5) is 5.69 Å². The molecule has 38 heavy (non-hydrogen) atoms. The molecule has 2 aromatic carbocycles. The van der Waals surface area contributed by atoms with Gasteiger partial charge >= 0.3 is 0 Å². The minimum atomic E-state index is -1.16. The number of anilines is 1. The van der Waals surface area contributed by atoms with E-state index in [2.05, 4.69) is 15.6 Å². The summed E-state index contributed by atoms with van der Waals surface area (Å²) in [6, 6.07) is 17.0. The number of rotatable bonds is 13. The molecule has 3 unspecified atom stereocenters. The van der Waals surface area contributed by atoms with Crippen molar-refractivity contribution >= 4 is 34.3 Å². The molecule has 3 rings (SSSR count). The van der Waals surface area contributed by atoms with Crippen molar-refractivity contribution in [2.75, 3.05) is 31.5 Å². The van der Waals surface area contributed by atoms with Gasteiger partial charge in [0.1, 0.15) is 6.04 Å². The molecule has 1 aromatic heterocycles. The Bertz CT molecular complexity index is 1220. The van der Waals surface area contributed by atoms with Gasteiger partial charge in [-0.15, -0.1) is 0 Å². The van der Waals surface area contributed by atoms with Gasteiger partial charge in [0.15, 0.2) is 0 Å². The molecule has 3 atom stereocenters. The van der Waals surface area contributed by atoms with E-state index in [0.29, 0.717) is 31.6 Å². The summed E-state index contributed by atoms with van der Waals surface area (Å²) >= 11 is 0. The van der Waals surface area contributed by atoms with Crippen molar-refractivity contribution in [1.82, 2.24) is 15.2 Å². The molecule has 8 N–H and O–H groups in total. The predicted octanol–water partition coefficient (Wildman–Crippen LogP) is 1.00. The normalized spacial score (nSPS) is 13.4. The Labute approximate surface area is 222 Å². The highest BCUT2D eigenvalue weighted by Gasteiger charge is 2.32. The largest absolute Gasteiger partial charge is 0.343 e. The molecule has 10 heteroatoms. The SMILES string of the molecule is CC(C(=O)N(CCN)CCN)C(N)C(=O)NC(CCc1ccccc1)C(=O)Nc1cnc2ccccc2c1. The van der Waals surface area contributed by atoms with Crippen LogP contribution in [0.25, 0.3) is 10.9 Å². The first-order valence-electron chi connectivity index (χ1n) is 12.8. The number of aryl methyl sites for hydroxylation is 1. The zero-order chi connectivity index (χ0) is 27.5. The van der Waals surface area contributed by atoms with Gasteiger partial charge in [-0.1, -0.05) is 55.5 Å². The molecule has 1 heterocycles. The van der Waals surface area contributed by atoms with Crippen LogP contribution >= 0.6 is 0 Å². The van der Waals surface area contributed by atoms with E-state index in [1.807, 2.05) is 60.7 Å². The summed E-state index contributed by atoms with van der Waals surface area (Å²) in [6.45, 7) is 2.76. The molecule has 0 aliphatic carbocycles. The summed E-state index contributed by atoms with van der Waals surface area (Å²) in [5.74, 6) is -2.12. The molecule has 0 radical (unpaired) electrons. The average Bonchev–Trinajstić information content (AvgIpc) is 2.94. The Morgan fingerprint density at radius 1 is 0.947 bits per heavy atom. The molecular formula is C28H37N7O3. The minimum Gasteiger partial charge on any atom is -0.343 e. The monoisotopic (exact) mass is 519 g/mol. The molecule has 0 spiro atoms. The highest BCUT2D eigenvalue weighted by atomic mass is 16.2. The summed E-state index contributed by atoms with van der Waals surface area (Å²) in [7, 11) is 0. The van der Waals surface area contributed by atoms with Crippen molar-refractivity contribution in [1.29, 1.82) is 0 Å². The number of para-hydroxylation sites is 1. The summed E-state index contributed by atoms with van der Waals surface area (Å²) in [4.78, 5) is 45.2. The molecular weight excluding hydrogens is 482 g/mol. The van der Waals surface area contributed by atoms with Crippen LogP contribution in [-0.2, 0) is 20.8 Å². The molecule has 0 saturated carbocycles. The van der Waals surface area contributed by atoms with Gasteiger partial charge in [0.2, 0.25) is 17.7 Å². The van der Waals surface area contributed by atoms with E-state index < -0.39 is 29.8 Å². The number of carbonyl (C=O) groups is 3.